The number of nitrogens with one attached hydrogen (secondary N) is 1. The molecule has 1 rings (SSSR count). The highest BCUT2D eigenvalue weighted by Crippen LogP contribution is 2.35. The monoisotopic (exact) mass is 240 g/mol. The molecule has 0 saturated heterocycles. The number of hydrogen-bond donors (Lipinski definition) is 1. The van der Waals surface area contributed by atoms with Crippen LogP contribution in [0.4, 0.5) is 0 Å². The third kappa shape index (κ3) is 4.97. The van der Waals surface area contributed by atoms with Crippen LogP contribution in [0.2, 0.25) is 0 Å². The van der Waals surface area contributed by atoms with Crippen molar-refractivity contribution >= 4 is 0 Å². The van der Waals surface area contributed by atoms with Gasteiger partial charge in [0.1, 0.15) is 0 Å². The maximum absolute atomic E-state index is 3.66. The van der Waals surface area contributed by atoms with Crippen molar-refractivity contribution in [2.45, 2.75) is 70.3 Å². The van der Waals surface area contributed by atoms with E-state index in [0.717, 1.165) is 0 Å². The lowest BCUT2D eigenvalue weighted by Crippen LogP contribution is -2.56. The molecule has 0 heterocycles. The maximum atomic E-state index is 3.66. The molecule has 0 aromatic heterocycles. The quantitative estimate of drug-likeness (QED) is 0.589. The largest absolute Gasteiger partial charge is 0.315 e. The van der Waals surface area contributed by atoms with Gasteiger partial charge >= 0.3 is 0 Å². The smallest absolute Gasteiger partial charge is 0.0327 e. The van der Waals surface area contributed by atoms with Crippen molar-refractivity contribution in [3.8, 4) is 0 Å². The highest BCUT2D eigenvalue weighted by molar-refractivity contribution is 4.97. The lowest BCUT2D eigenvalue weighted by Gasteiger charge is -2.47. The van der Waals surface area contributed by atoms with Gasteiger partial charge in [-0.3, -0.25) is 0 Å². The zero-order valence-electron chi connectivity index (χ0n) is 12.2. The van der Waals surface area contributed by atoms with E-state index >= 15 is 0 Å². The van der Waals surface area contributed by atoms with Gasteiger partial charge in [-0.05, 0) is 46.3 Å². The molecule has 0 bridgehead atoms. The van der Waals surface area contributed by atoms with Crippen molar-refractivity contribution in [1.29, 1.82) is 0 Å². The Hall–Kier alpha value is -0.0800. The van der Waals surface area contributed by atoms with Gasteiger partial charge in [-0.15, -0.1) is 0 Å². The zero-order valence-corrected chi connectivity index (χ0v) is 12.2. The number of unbranched alkanes of at least 4 members (excludes halogenated alkanes) is 5. The maximum Gasteiger partial charge on any atom is 0.0327 e. The van der Waals surface area contributed by atoms with Crippen LogP contribution in [0.5, 0.6) is 0 Å². The SMILES string of the molecule is CCCCCCCCNCC1(N(C)C)CCC1. The third-order valence-electron chi connectivity index (χ3n) is 4.39. The van der Waals surface area contributed by atoms with E-state index in [0.29, 0.717) is 5.54 Å². The highest BCUT2D eigenvalue weighted by atomic mass is 15.2. The van der Waals surface area contributed by atoms with Gasteiger partial charge in [-0.25, -0.2) is 0 Å². The van der Waals surface area contributed by atoms with Crippen LogP contribution in [-0.2, 0) is 0 Å². The molecule has 1 saturated carbocycles. The first kappa shape index (κ1) is 15.0. The minimum Gasteiger partial charge on any atom is -0.315 e. The van der Waals surface area contributed by atoms with Crippen LogP contribution in [0.15, 0.2) is 0 Å². The van der Waals surface area contributed by atoms with Crippen LogP contribution >= 0.6 is 0 Å². The molecule has 1 fully saturated rings. The van der Waals surface area contributed by atoms with Gasteiger partial charge in [0.15, 0.2) is 0 Å². The van der Waals surface area contributed by atoms with E-state index < -0.39 is 0 Å². The molecule has 0 atom stereocenters. The lowest BCUT2D eigenvalue weighted by molar-refractivity contribution is 0.0602. The predicted molar refractivity (Wildman–Crippen MR) is 76.5 cm³/mol. The van der Waals surface area contributed by atoms with Crippen molar-refractivity contribution < 1.29 is 0 Å². The van der Waals surface area contributed by atoms with Gasteiger partial charge in [0, 0.05) is 12.1 Å². The third-order valence-corrected chi connectivity index (χ3v) is 4.39. The van der Waals surface area contributed by atoms with Crippen molar-refractivity contribution in [3.63, 3.8) is 0 Å². The topological polar surface area (TPSA) is 15.3 Å². The van der Waals surface area contributed by atoms with Crippen LogP contribution in [0.3, 0.4) is 0 Å². The molecule has 1 aliphatic carbocycles. The first-order valence-corrected chi connectivity index (χ1v) is 7.59. The van der Waals surface area contributed by atoms with E-state index in [1.54, 1.807) is 0 Å². The summed E-state index contributed by atoms with van der Waals surface area (Å²) in [5, 5.41) is 3.66. The number of likely N-dealkylation sites (N-methyl/N-ethyl adjacent to an activating group) is 1. The predicted octanol–water partition coefficient (Wildman–Crippen LogP) is 3.42. The van der Waals surface area contributed by atoms with Crippen LogP contribution in [-0.4, -0.2) is 37.6 Å². The second kappa shape index (κ2) is 8.10. The van der Waals surface area contributed by atoms with Gasteiger partial charge < -0.3 is 10.2 Å². The fraction of sp³-hybridized carbons (Fsp3) is 1.00. The molecule has 0 aromatic rings. The van der Waals surface area contributed by atoms with Gasteiger partial charge in [-0.1, -0.05) is 39.0 Å². The van der Waals surface area contributed by atoms with Crippen LogP contribution in [0.25, 0.3) is 0 Å². The average Bonchev–Trinajstić information content (AvgIpc) is 2.24. The van der Waals surface area contributed by atoms with E-state index in [9.17, 15) is 0 Å². The molecular formula is C15H32N2. The van der Waals surface area contributed by atoms with E-state index in [1.807, 2.05) is 0 Å². The first-order valence-electron chi connectivity index (χ1n) is 7.59. The molecule has 17 heavy (non-hydrogen) atoms. The van der Waals surface area contributed by atoms with Crippen molar-refractivity contribution in [2.75, 3.05) is 27.2 Å². The summed E-state index contributed by atoms with van der Waals surface area (Å²) in [5.74, 6) is 0. The van der Waals surface area contributed by atoms with Crippen LogP contribution in [0, 0.1) is 0 Å². The molecule has 0 radical (unpaired) electrons. The second-order valence-corrected chi connectivity index (χ2v) is 5.92. The molecule has 1 aliphatic rings. The first-order chi connectivity index (χ1) is 8.21. The lowest BCUT2D eigenvalue weighted by atomic mass is 9.75. The van der Waals surface area contributed by atoms with E-state index in [4.69, 9.17) is 0 Å². The summed E-state index contributed by atoms with van der Waals surface area (Å²) < 4.78 is 0. The van der Waals surface area contributed by atoms with E-state index in [-0.39, 0.29) is 0 Å². The Labute approximate surface area is 108 Å². The van der Waals surface area contributed by atoms with Gasteiger partial charge in [0.05, 0.1) is 0 Å². The normalized spacial score (nSPS) is 18.4. The Morgan fingerprint density at radius 2 is 1.65 bits per heavy atom. The summed E-state index contributed by atoms with van der Waals surface area (Å²) in [6, 6.07) is 0. The zero-order chi connectivity index (χ0) is 12.6. The molecule has 102 valence electrons. The molecule has 2 nitrogen and oxygen atoms in total. The number of rotatable bonds is 10. The molecule has 0 amide bonds. The Bertz CT molecular complexity index is 185. The summed E-state index contributed by atoms with van der Waals surface area (Å²) in [4.78, 5) is 2.42. The molecule has 2 heteroatoms. The summed E-state index contributed by atoms with van der Waals surface area (Å²) in [5.41, 5.74) is 0.488. The van der Waals surface area contributed by atoms with Crippen molar-refractivity contribution in [3.05, 3.63) is 0 Å². The van der Waals surface area contributed by atoms with Crippen LogP contribution in [0.1, 0.15) is 64.7 Å². The molecule has 1 N–H and O–H groups in total. The Morgan fingerprint density at radius 1 is 1.00 bits per heavy atom. The van der Waals surface area contributed by atoms with Gasteiger partial charge in [0.25, 0.3) is 0 Å². The van der Waals surface area contributed by atoms with E-state index in [1.165, 1.54) is 70.9 Å². The molecular weight excluding hydrogens is 208 g/mol. The van der Waals surface area contributed by atoms with Crippen molar-refractivity contribution in [2.24, 2.45) is 0 Å². The highest BCUT2D eigenvalue weighted by Gasteiger charge is 2.38. The number of hydrogen-bond acceptors (Lipinski definition) is 2. The summed E-state index contributed by atoms with van der Waals surface area (Å²) in [7, 11) is 4.46. The second-order valence-electron chi connectivity index (χ2n) is 5.92. The Morgan fingerprint density at radius 3 is 2.18 bits per heavy atom. The molecule has 0 aromatic carbocycles. The molecule has 0 unspecified atom stereocenters. The summed E-state index contributed by atoms with van der Waals surface area (Å²) in [6.45, 7) is 4.68. The van der Waals surface area contributed by atoms with Crippen LogP contribution < -0.4 is 5.32 Å². The average molecular weight is 240 g/mol. The summed E-state index contributed by atoms with van der Waals surface area (Å²) in [6.07, 6.45) is 12.5. The minimum atomic E-state index is 0.488. The molecule has 0 spiro atoms. The molecule has 0 aliphatic heterocycles. The van der Waals surface area contributed by atoms with Crippen molar-refractivity contribution in [1.82, 2.24) is 10.2 Å². The summed E-state index contributed by atoms with van der Waals surface area (Å²) >= 11 is 0. The Kier molecular flexibility index (Phi) is 7.14. The fourth-order valence-electron chi connectivity index (χ4n) is 2.72. The Balaban J connectivity index is 1.93. The van der Waals surface area contributed by atoms with E-state index in [2.05, 4.69) is 31.2 Å². The fourth-order valence-corrected chi connectivity index (χ4v) is 2.72. The van der Waals surface area contributed by atoms with Gasteiger partial charge in [0.2, 0.25) is 0 Å². The number of nitrogens with zero attached hydrogens (tertiary/aromatic N) is 1. The van der Waals surface area contributed by atoms with Gasteiger partial charge in [-0.2, -0.15) is 0 Å². The minimum absolute atomic E-state index is 0.488. The standard InChI is InChI=1S/C15H32N2/c1-4-5-6-7-8-9-13-16-14-15(17(2)3)11-10-12-15/h16H,4-14H2,1-3H3.